The Labute approximate surface area is 165 Å². The van der Waals surface area contributed by atoms with Crippen molar-refractivity contribution in [1.82, 2.24) is 4.98 Å². The third-order valence-corrected chi connectivity index (χ3v) is 5.76. The minimum Gasteiger partial charge on any atom is -0.264 e. The predicted molar refractivity (Wildman–Crippen MR) is 118 cm³/mol. The molecule has 0 radical (unpaired) electrons. The average Bonchev–Trinajstić information content (AvgIpc) is 2.97. The van der Waals surface area contributed by atoms with E-state index in [-0.39, 0.29) is 0 Å². The molecule has 0 bridgehead atoms. The maximum atomic E-state index is 4.30. The highest BCUT2D eigenvalue weighted by molar-refractivity contribution is 8.12. The molecule has 0 atom stereocenters. The summed E-state index contributed by atoms with van der Waals surface area (Å²) in [6.07, 6.45) is 12.7. The molecule has 2 aromatic carbocycles. The fourth-order valence-corrected chi connectivity index (χ4v) is 4.33. The number of pyridine rings is 1. The van der Waals surface area contributed by atoms with E-state index in [1.165, 1.54) is 32.1 Å². The normalized spacial score (nSPS) is 14.9. The zero-order valence-corrected chi connectivity index (χ0v) is 15.9. The van der Waals surface area contributed by atoms with E-state index < -0.39 is 0 Å². The van der Waals surface area contributed by atoms with Gasteiger partial charge in [0.05, 0.1) is 0 Å². The monoisotopic (exact) mass is 367 g/mol. The lowest BCUT2D eigenvalue weighted by molar-refractivity contribution is 1.07. The summed E-state index contributed by atoms with van der Waals surface area (Å²) in [5.41, 5.74) is 5.11. The first kappa shape index (κ1) is 17.6. The van der Waals surface area contributed by atoms with Crippen LogP contribution in [0.2, 0.25) is 0 Å². The van der Waals surface area contributed by atoms with Gasteiger partial charge in [-0.1, -0.05) is 90.6 Å². The second kappa shape index (κ2) is 8.70. The van der Waals surface area contributed by atoms with Gasteiger partial charge >= 0.3 is 0 Å². The zero-order chi connectivity index (χ0) is 18.3. The molecule has 3 aromatic rings. The molecule has 1 nitrogen and oxygen atoms in total. The number of aromatic nitrogens is 1. The van der Waals surface area contributed by atoms with Crippen molar-refractivity contribution in [1.29, 1.82) is 0 Å². The highest BCUT2D eigenvalue weighted by atomic mass is 32.2. The van der Waals surface area contributed by atoms with Gasteiger partial charge in [0, 0.05) is 27.8 Å². The molecular formula is C25H21NS. The molecule has 1 aliphatic heterocycles. The van der Waals surface area contributed by atoms with Crippen LogP contribution in [0.25, 0.3) is 16.6 Å². The first-order valence-electron chi connectivity index (χ1n) is 9.20. The second-order valence-corrected chi connectivity index (χ2v) is 7.49. The van der Waals surface area contributed by atoms with Crippen molar-refractivity contribution >= 4 is 28.3 Å². The largest absolute Gasteiger partial charge is 0.264 e. The molecule has 1 aliphatic rings. The van der Waals surface area contributed by atoms with Crippen LogP contribution in [-0.4, -0.2) is 4.98 Å². The summed E-state index contributed by atoms with van der Waals surface area (Å²) >= 11 is 1.84. The topological polar surface area (TPSA) is 12.9 Å². The highest BCUT2D eigenvalue weighted by Crippen LogP contribution is 2.43. The molecule has 0 amide bonds. The zero-order valence-electron chi connectivity index (χ0n) is 15.1. The van der Waals surface area contributed by atoms with Crippen molar-refractivity contribution in [2.45, 2.75) is 12.8 Å². The molecule has 4 rings (SSSR count). The summed E-state index contributed by atoms with van der Waals surface area (Å²) in [7, 11) is 0. The summed E-state index contributed by atoms with van der Waals surface area (Å²) < 4.78 is 0. The molecule has 0 spiro atoms. The number of rotatable bonds is 4. The molecule has 0 fully saturated rings. The van der Waals surface area contributed by atoms with Crippen LogP contribution in [0.5, 0.6) is 0 Å². The molecular weight excluding hydrogens is 346 g/mol. The number of allylic oxidation sites excluding steroid dienone is 3. The summed E-state index contributed by atoms with van der Waals surface area (Å²) in [5.74, 6) is 0. The molecule has 27 heavy (non-hydrogen) atoms. The molecule has 132 valence electrons. The van der Waals surface area contributed by atoms with Crippen molar-refractivity contribution in [3.05, 3.63) is 119 Å². The SMILES string of the molecule is C1=C(c2cccnc2)SC(/C=C/c2ccccc2)=C(c2ccccc2)CC1. The molecule has 2 heterocycles. The molecule has 0 unspecified atom stereocenters. The van der Waals surface area contributed by atoms with Crippen molar-refractivity contribution < 1.29 is 0 Å². The number of hydrogen-bond acceptors (Lipinski definition) is 2. The number of hydrogen-bond donors (Lipinski definition) is 0. The summed E-state index contributed by atoms with van der Waals surface area (Å²) in [6, 6.07) is 25.3. The van der Waals surface area contributed by atoms with Gasteiger partial charge in [-0.3, -0.25) is 4.98 Å². The highest BCUT2D eigenvalue weighted by Gasteiger charge is 2.15. The van der Waals surface area contributed by atoms with Gasteiger partial charge in [0.15, 0.2) is 0 Å². The Morgan fingerprint density at radius 2 is 1.52 bits per heavy atom. The first-order chi connectivity index (χ1) is 13.4. The van der Waals surface area contributed by atoms with E-state index in [9.17, 15) is 0 Å². The van der Waals surface area contributed by atoms with Crippen LogP contribution in [0, 0.1) is 0 Å². The van der Waals surface area contributed by atoms with Crippen LogP contribution in [0.3, 0.4) is 0 Å². The van der Waals surface area contributed by atoms with Crippen LogP contribution in [0.1, 0.15) is 29.5 Å². The Bertz CT molecular complexity index is 971. The number of nitrogens with zero attached hydrogens (tertiary/aromatic N) is 1. The first-order valence-corrected chi connectivity index (χ1v) is 10.0. The number of thioether (sulfide) groups is 1. The van der Waals surface area contributed by atoms with Gasteiger partial charge in [-0.25, -0.2) is 0 Å². The lowest BCUT2D eigenvalue weighted by atomic mass is 10.00. The minimum atomic E-state index is 1.03. The van der Waals surface area contributed by atoms with E-state index in [0.717, 1.165) is 12.8 Å². The maximum Gasteiger partial charge on any atom is 0.0351 e. The van der Waals surface area contributed by atoms with Gasteiger partial charge in [0.2, 0.25) is 0 Å². The van der Waals surface area contributed by atoms with Gasteiger partial charge in [0.1, 0.15) is 0 Å². The lowest BCUT2D eigenvalue weighted by Gasteiger charge is -2.11. The maximum absolute atomic E-state index is 4.30. The minimum absolute atomic E-state index is 1.03. The second-order valence-electron chi connectivity index (χ2n) is 6.40. The standard InChI is InChI=1S/C25H21NS/c1-3-9-20(10-4-1)16-17-25-23(21-11-5-2-6-12-21)14-7-15-24(27-25)22-13-8-18-26-19-22/h1-6,8-13,15-19H,7,14H2/b17-16+. The molecule has 0 N–H and O–H groups in total. The molecule has 0 aliphatic carbocycles. The van der Waals surface area contributed by atoms with Crippen LogP contribution >= 0.6 is 11.8 Å². The Morgan fingerprint density at radius 3 is 2.26 bits per heavy atom. The van der Waals surface area contributed by atoms with E-state index in [1.807, 2.05) is 30.2 Å². The fraction of sp³-hybridized carbons (Fsp3) is 0.0800. The lowest BCUT2D eigenvalue weighted by Crippen LogP contribution is -1.87. The van der Waals surface area contributed by atoms with E-state index in [4.69, 9.17) is 0 Å². The molecule has 2 heteroatoms. The van der Waals surface area contributed by atoms with Crippen LogP contribution in [-0.2, 0) is 0 Å². The third-order valence-electron chi connectivity index (χ3n) is 4.54. The van der Waals surface area contributed by atoms with Crippen LogP contribution in [0.4, 0.5) is 0 Å². The Morgan fingerprint density at radius 1 is 0.778 bits per heavy atom. The van der Waals surface area contributed by atoms with Gasteiger partial charge in [0.25, 0.3) is 0 Å². The van der Waals surface area contributed by atoms with E-state index in [2.05, 4.69) is 89.9 Å². The van der Waals surface area contributed by atoms with Crippen molar-refractivity contribution in [2.75, 3.05) is 0 Å². The number of benzene rings is 2. The van der Waals surface area contributed by atoms with E-state index >= 15 is 0 Å². The smallest absolute Gasteiger partial charge is 0.0351 e. The van der Waals surface area contributed by atoms with Crippen molar-refractivity contribution in [2.24, 2.45) is 0 Å². The van der Waals surface area contributed by atoms with Crippen molar-refractivity contribution in [3.8, 4) is 0 Å². The third kappa shape index (κ3) is 4.47. The fourth-order valence-electron chi connectivity index (χ4n) is 3.17. The molecule has 0 saturated carbocycles. The summed E-state index contributed by atoms with van der Waals surface area (Å²) in [5, 5.41) is 0. The van der Waals surface area contributed by atoms with Crippen molar-refractivity contribution in [3.63, 3.8) is 0 Å². The molecule has 0 saturated heterocycles. The van der Waals surface area contributed by atoms with Gasteiger partial charge in [-0.15, -0.1) is 0 Å². The quantitative estimate of drug-likeness (QED) is 0.489. The Hall–Kier alpha value is -2.84. The Kier molecular flexibility index (Phi) is 5.66. The van der Waals surface area contributed by atoms with Gasteiger partial charge in [-0.2, -0.15) is 0 Å². The predicted octanol–water partition coefficient (Wildman–Crippen LogP) is 7.07. The molecule has 1 aromatic heterocycles. The van der Waals surface area contributed by atoms with Gasteiger partial charge in [-0.05, 0) is 41.7 Å². The van der Waals surface area contributed by atoms with E-state index in [1.54, 1.807) is 0 Å². The van der Waals surface area contributed by atoms with E-state index in [0.29, 0.717) is 0 Å². The van der Waals surface area contributed by atoms with Crippen LogP contribution < -0.4 is 0 Å². The van der Waals surface area contributed by atoms with Gasteiger partial charge < -0.3 is 0 Å². The average molecular weight is 368 g/mol. The summed E-state index contributed by atoms with van der Waals surface area (Å²) in [6.45, 7) is 0. The Balaban J connectivity index is 1.73. The van der Waals surface area contributed by atoms with Crippen LogP contribution in [0.15, 0.2) is 102 Å². The summed E-state index contributed by atoms with van der Waals surface area (Å²) in [4.78, 5) is 6.88.